The molecule has 0 fully saturated rings. The summed E-state index contributed by atoms with van der Waals surface area (Å²) >= 11 is 5.54. The molecule has 0 aromatic heterocycles. The lowest BCUT2D eigenvalue weighted by atomic mass is 10.1. The molecular weight excluding hydrogens is 402 g/mol. The van der Waals surface area contributed by atoms with Crippen LogP contribution in [0.15, 0.2) is 30.3 Å². The van der Waals surface area contributed by atoms with Crippen molar-refractivity contribution in [3.8, 4) is 0 Å². The molecule has 0 aliphatic heterocycles. The monoisotopic (exact) mass is 407 g/mol. The summed E-state index contributed by atoms with van der Waals surface area (Å²) in [6, 6.07) is 2.71. The van der Waals surface area contributed by atoms with Crippen LogP contribution in [0.3, 0.4) is 0 Å². The van der Waals surface area contributed by atoms with E-state index in [2.05, 4.69) is 0 Å². The average molecular weight is 408 g/mol. The molecule has 0 radical (unpaired) electrons. The van der Waals surface area contributed by atoms with Crippen molar-refractivity contribution in [3.05, 3.63) is 67.0 Å². The van der Waals surface area contributed by atoms with Crippen molar-refractivity contribution in [2.24, 2.45) is 0 Å². The predicted octanol–water partition coefficient (Wildman–Crippen LogP) is 4.61. The number of anilines is 2. The molecule has 1 amide bonds. The Morgan fingerprint density at radius 3 is 2.15 bits per heavy atom. The fourth-order valence-corrected chi connectivity index (χ4v) is 2.37. The number of hydrogen-bond acceptors (Lipinski definition) is 5. The molecule has 0 atom stereocenters. The van der Waals surface area contributed by atoms with E-state index in [9.17, 15) is 42.6 Å². The minimum absolute atomic E-state index is 0.0595. The number of carbonyl (C=O) groups excluding carboxylic acids is 1. The van der Waals surface area contributed by atoms with E-state index in [0.29, 0.717) is 0 Å². The molecule has 8 nitrogen and oxygen atoms in total. The van der Waals surface area contributed by atoms with E-state index in [-0.39, 0.29) is 23.4 Å². The molecule has 0 aliphatic rings. The van der Waals surface area contributed by atoms with Gasteiger partial charge in [0, 0.05) is 6.07 Å². The van der Waals surface area contributed by atoms with Crippen LogP contribution < -0.4 is 4.90 Å². The highest BCUT2D eigenvalue weighted by molar-refractivity contribution is 6.31. The van der Waals surface area contributed by atoms with Crippen molar-refractivity contribution in [2.75, 3.05) is 4.90 Å². The first kappa shape index (κ1) is 20.0. The van der Waals surface area contributed by atoms with Crippen molar-refractivity contribution >= 4 is 40.8 Å². The minimum Gasteiger partial charge on any atom is -0.278 e. The molecule has 27 heavy (non-hydrogen) atoms. The van der Waals surface area contributed by atoms with Crippen molar-refractivity contribution < 1.29 is 32.2 Å². The molecule has 0 spiro atoms. The Morgan fingerprint density at radius 1 is 1.07 bits per heavy atom. The zero-order chi connectivity index (χ0) is 20.5. The Labute approximate surface area is 151 Å². The normalized spacial score (nSPS) is 11.1. The first-order chi connectivity index (χ1) is 12.5. The van der Waals surface area contributed by atoms with Gasteiger partial charge in [-0.3, -0.25) is 29.9 Å². The van der Waals surface area contributed by atoms with Crippen LogP contribution in [0.25, 0.3) is 0 Å². The van der Waals surface area contributed by atoms with Crippen LogP contribution in [-0.4, -0.2) is 16.3 Å². The Hall–Kier alpha value is -3.28. The third-order valence-corrected chi connectivity index (χ3v) is 3.60. The van der Waals surface area contributed by atoms with E-state index in [1.807, 2.05) is 0 Å². The van der Waals surface area contributed by atoms with Crippen LogP contribution in [0.5, 0.6) is 0 Å². The number of carbonyl (C=O) groups is 1. The number of alkyl halides is 3. The van der Waals surface area contributed by atoms with Crippen LogP contribution in [-0.2, 0) is 11.0 Å². The van der Waals surface area contributed by atoms with E-state index in [1.54, 1.807) is 0 Å². The molecule has 13 heteroatoms. The zero-order valence-electron chi connectivity index (χ0n) is 12.7. The molecule has 2 aromatic carbocycles. The summed E-state index contributed by atoms with van der Waals surface area (Å²) in [5.74, 6) is -0.944. The predicted molar refractivity (Wildman–Crippen MR) is 84.4 cm³/mol. The van der Waals surface area contributed by atoms with Crippen molar-refractivity contribution in [1.82, 2.24) is 0 Å². The van der Waals surface area contributed by atoms with Crippen LogP contribution >= 0.6 is 11.6 Å². The van der Waals surface area contributed by atoms with Crippen molar-refractivity contribution in [1.29, 1.82) is 0 Å². The van der Waals surface area contributed by atoms with Crippen LogP contribution in [0, 0.1) is 26.0 Å². The molecule has 142 valence electrons. The Bertz CT molecular complexity index is 951. The quantitative estimate of drug-likeness (QED) is 0.311. The second-order valence-electron chi connectivity index (χ2n) is 4.95. The van der Waals surface area contributed by atoms with E-state index < -0.39 is 55.2 Å². The van der Waals surface area contributed by atoms with Crippen LogP contribution in [0.1, 0.15) is 5.56 Å². The first-order valence-corrected chi connectivity index (χ1v) is 7.08. The second kappa shape index (κ2) is 7.15. The van der Waals surface area contributed by atoms with Crippen LogP contribution in [0.2, 0.25) is 5.02 Å². The molecule has 0 heterocycles. The third-order valence-electron chi connectivity index (χ3n) is 3.32. The highest BCUT2D eigenvalue weighted by atomic mass is 35.5. The van der Waals surface area contributed by atoms with E-state index in [4.69, 9.17) is 11.6 Å². The molecular formula is C14H6ClF4N3O5. The summed E-state index contributed by atoms with van der Waals surface area (Å²) in [6.45, 7) is 0. The Kier molecular flexibility index (Phi) is 5.31. The molecule has 0 aliphatic carbocycles. The molecule has 0 unspecified atom stereocenters. The maximum absolute atomic E-state index is 13.4. The van der Waals surface area contributed by atoms with Gasteiger partial charge in [-0.2, -0.15) is 13.2 Å². The number of halogens is 5. The SMILES string of the molecule is O=CN(c1ccc(F)c(Cl)c1)c1c([N+](=O)[O-])cc([N+](=O)[O-])cc1C(F)(F)F. The Balaban J connectivity index is 2.89. The van der Waals surface area contributed by atoms with E-state index in [0.717, 1.165) is 18.2 Å². The average Bonchev–Trinajstić information content (AvgIpc) is 2.57. The van der Waals surface area contributed by atoms with Gasteiger partial charge in [-0.1, -0.05) is 11.6 Å². The summed E-state index contributed by atoms with van der Waals surface area (Å²) in [4.78, 5) is 31.2. The number of nitro groups is 2. The zero-order valence-corrected chi connectivity index (χ0v) is 13.5. The molecule has 0 N–H and O–H groups in total. The van der Waals surface area contributed by atoms with Gasteiger partial charge in [-0.25, -0.2) is 4.39 Å². The third kappa shape index (κ3) is 3.95. The molecule has 0 saturated carbocycles. The van der Waals surface area contributed by atoms with Gasteiger partial charge in [0.1, 0.15) is 11.5 Å². The number of benzene rings is 2. The summed E-state index contributed by atoms with van der Waals surface area (Å²) in [5.41, 5.74) is -6.02. The molecule has 2 rings (SSSR count). The topological polar surface area (TPSA) is 107 Å². The smallest absolute Gasteiger partial charge is 0.278 e. The van der Waals surface area contributed by atoms with Crippen LogP contribution in [0.4, 0.5) is 40.3 Å². The van der Waals surface area contributed by atoms with Gasteiger partial charge in [0.15, 0.2) is 0 Å². The maximum Gasteiger partial charge on any atom is 0.418 e. The summed E-state index contributed by atoms with van der Waals surface area (Å²) in [5, 5.41) is 21.5. The molecule has 0 bridgehead atoms. The van der Waals surface area contributed by atoms with E-state index >= 15 is 0 Å². The minimum atomic E-state index is -5.28. The van der Waals surface area contributed by atoms with Gasteiger partial charge in [0.25, 0.3) is 5.69 Å². The standard InChI is InChI=1S/C14H6ClF4N3O5/c15-10-4-7(1-2-11(10)16)20(6-23)13-9(14(17,18)19)3-8(21(24)25)5-12(13)22(26)27/h1-6H. The van der Waals surface area contributed by atoms with Gasteiger partial charge in [0.05, 0.1) is 32.2 Å². The number of nitrogens with zero attached hydrogens (tertiary/aromatic N) is 3. The van der Waals surface area contributed by atoms with Gasteiger partial charge in [-0.15, -0.1) is 0 Å². The highest BCUT2D eigenvalue weighted by Crippen LogP contribution is 2.46. The van der Waals surface area contributed by atoms with Gasteiger partial charge in [-0.05, 0) is 18.2 Å². The van der Waals surface area contributed by atoms with Gasteiger partial charge < -0.3 is 0 Å². The number of rotatable bonds is 5. The molecule has 2 aromatic rings. The lowest BCUT2D eigenvalue weighted by Gasteiger charge is -2.22. The summed E-state index contributed by atoms with van der Waals surface area (Å²) in [7, 11) is 0. The fraction of sp³-hybridized carbons (Fsp3) is 0.0714. The number of non-ortho nitro benzene ring substituents is 1. The molecule has 0 saturated heterocycles. The van der Waals surface area contributed by atoms with Gasteiger partial charge in [0.2, 0.25) is 6.41 Å². The summed E-state index contributed by atoms with van der Waals surface area (Å²) in [6.07, 6.45) is -5.47. The first-order valence-electron chi connectivity index (χ1n) is 6.71. The van der Waals surface area contributed by atoms with Gasteiger partial charge >= 0.3 is 11.9 Å². The fourth-order valence-electron chi connectivity index (χ4n) is 2.20. The summed E-state index contributed by atoms with van der Waals surface area (Å²) < 4.78 is 53.5. The second-order valence-corrected chi connectivity index (χ2v) is 5.35. The van der Waals surface area contributed by atoms with Crippen molar-refractivity contribution in [3.63, 3.8) is 0 Å². The van der Waals surface area contributed by atoms with Crippen molar-refractivity contribution in [2.45, 2.75) is 6.18 Å². The van der Waals surface area contributed by atoms with E-state index in [1.165, 1.54) is 0 Å². The number of nitro benzene ring substituents is 2. The number of hydrogen-bond donors (Lipinski definition) is 0. The Morgan fingerprint density at radius 2 is 1.70 bits per heavy atom. The lowest BCUT2D eigenvalue weighted by Crippen LogP contribution is -2.21. The number of amides is 1. The maximum atomic E-state index is 13.4. The largest absolute Gasteiger partial charge is 0.418 e. The highest BCUT2D eigenvalue weighted by Gasteiger charge is 2.42. The lowest BCUT2D eigenvalue weighted by molar-refractivity contribution is -0.394.